The van der Waals surface area contributed by atoms with Gasteiger partial charge in [0.05, 0.1) is 0 Å². The summed E-state index contributed by atoms with van der Waals surface area (Å²) in [7, 11) is 0. The van der Waals surface area contributed by atoms with Gasteiger partial charge in [-0.15, -0.1) is 11.8 Å². The van der Waals surface area contributed by atoms with Crippen LogP contribution in [0.4, 0.5) is 0 Å². The normalized spacial score (nSPS) is 28.5. The van der Waals surface area contributed by atoms with Crippen molar-refractivity contribution in [1.82, 2.24) is 0 Å². The largest absolute Gasteiger partial charge is 0.480 e. The maximum Gasteiger partial charge on any atom is 0.320 e. The van der Waals surface area contributed by atoms with Crippen molar-refractivity contribution in [1.29, 1.82) is 0 Å². The minimum absolute atomic E-state index is 0.217. The van der Waals surface area contributed by atoms with E-state index in [0.29, 0.717) is 5.02 Å². The monoisotopic (exact) mass is 256 g/mol. The molecule has 0 spiro atoms. The summed E-state index contributed by atoms with van der Waals surface area (Å²) in [5.41, 5.74) is 0. The van der Waals surface area contributed by atoms with Gasteiger partial charge in [-0.3, -0.25) is 4.79 Å². The number of carboxylic acids is 1. The number of thioether (sulfide) groups is 1. The minimum atomic E-state index is -0.712. The fourth-order valence-corrected chi connectivity index (χ4v) is 3.58. The van der Waals surface area contributed by atoms with Gasteiger partial charge in [-0.25, -0.2) is 0 Å². The van der Waals surface area contributed by atoms with E-state index in [1.165, 1.54) is 11.8 Å². The molecule has 4 heteroatoms. The SMILES string of the molecule is CC1CCC1(Sc1cccc(Cl)c1)C(=O)O. The van der Waals surface area contributed by atoms with Gasteiger partial charge in [0.1, 0.15) is 4.75 Å². The Balaban J connectivity index is 2.22. The van der Waals surface area contributed by atoms with E-state index in [1.54, 1.807) is 6.07 Å². The molecule has 0 amide bonds. The first kappa shape index (κ1) is 11.8. The molecule has 0 aromatic heterocycles. The Hall–Kier alpha value is -0.670. The van der Waals surface area contributed by atoms with Crippen molar-refractivity contribution in [3.63, 3.8) is 0 Å². The summed E-state index contributed by atoms with van der Waals surface area (Å²) in [4.78, 5) is 12.3. The summed E-state index contributed by atoms with van der Waals surface area (Å²) in [6.45, 7) is 2.00. The summed E-state index contributed by atoms with van der Waals surface area (Å²) in [5, 5.41) is 9.98. The molecule has 1 aromatic carbocycles. The third-order valence-electron chi connectivity index (χ3n) is 3.20. The topological polar surface area (TPSA) is 37.3 Å². The fraction of sp³-hybridized carbons (Fsp3) is 0.417. The summed E-state index contributed by atoms with van der Waals surface area (Å²) < 4.78 is -0.648. The number of benzene rings is 1. The number of hydrogen-bond acceptors (Lipinski definition) is 2. The highest BCUT2D eigenvalue weighted by atomic mass is 35.5. The molecule has 2 unspecified atom stereocenters. The number of hydrogen-bond donors (Lipinski definition) is 1. The number of halogens is 1. The number of carbonyl (C=O) groups is 1. The molecule has 1 aliphatic carbocycles. The molecule has 0 heterocycles. The van der Waals surface area contributed by atoms with Crippen LogP contribution in [0.1, 0.15) is 19.8 Å². The summed E-state index contributed by atoms with van der Waals surface area (Å²) >= 11 is 7.31. The third kappa shape index (κ3) is 1.94. The Morgan fingerprint density at radius 2 is 2.38 bits per heavy atom. The van der Waals surface area contributed by atoms with Crippen LogP contribution in [-0.4, -0.2) is 15.8 Å². The zero-order chi connectivity index (χ0) is 11.8. The van der Waals surface area contributed by atoms with Crippen LogP contribution in [0.15, 0.2) is 29.2 Å². The second-order valence-electron chi connectivity index (χ2n) is 4.19. The fourth-order valence-electron chi connectivity index (χ4n) is 1.95. The molecule has 86 valence electrons. The Bertz CT molecular complexity index is 421. The Kier molecular flexibility index (Phi) is 3.17. The standard InChI is InChI=1S/C12H13ClO2S/c1-8-5-6-12(8,11(14)15)16-10-4-2-3-9(13)7-10/h2-4,7-8H,5-6H2,1H3,(H,14,15). The molecule has 1 N–H and O–H groups in total. The van der Waals surface area contributed by atoms with Crippen LogP contribution in [0.25, 0.3) is 0 Å². The van der Waals surface area contributed by atoms with Crippen molar-refractivity contribution in [2.24, 2.45) is 5.92 Å². The van der Waals surface area contributed by atoms with Crippen LogP contribution in [-0.2, 0) is 4.79 Å². The lowest BCUT2D eigenvalue weighted by Crippen LogP contribution is -2.49. The lowest BCUT2D eigenvalue weighted by Gasteiger charge is -2.43. The van der Waals surface area contributed by atoms with Gasteiger partial charge in [0.25, 0.3) is 0 Å². The van der Waals surface area contributed by atoms with Crippen LogP contribution in [0.3, 0.4) is 0 Å². The van der Waals surface area contributed by atoms with Crippen molar-refractivity contribution in [3.05, 3.63) is 29.3 Å². The summed E-state index contributed by atoms with van der Waals surface area (Å²) in [6.07, 6.45) is 1.72. The minimum Gasteiger partial charge on any atom is -0.480 e. The molecule has 0 bridgehead atoms. The maximum atomic E-state index is 11.3. The maximum absolute atomic E-state index is 11.3. The van der Waals surface area contributed by atoms with E-state index in [2.05, 4.69) is 0 Å². The summed E-state index contributed by atoms with van der Waals surface area (Å²) in [5.74, 6) is -0.495. The van der Waals surface area contributed by atoms with E-state index in [1.807, 2.05) is 25.1 Å². The van der Waals surface area contributed by atoms with Crippen molar-refractivity contribution in [2.45, 2.75) is 29.4 Å². The van der Waals surface area contributed by atoms with Crippen molar-refractivity contribution in [3.8, 4) is 0 Å². The molecule has 2 atom stereocenters. The number of rotatable bonds is 3. The van der Waals surface area contributed by atoms with Crippen molar-refractivity contribution >= 4 is 29.3 Å². The van der Waals surface area contributed by atoms with E-state index in [0.717, 1.165) is 17.7 Å². The second-order valence-corrected chi connectivity index (χ2v) is 6.03. The van der Waals surface area contributed by atoms with Gasteiger partial charge in [0, 0.05) is 9.92 Å². The number of carboxylic acid groups (broad SMARTS) is 1. The Morgan fingerprint density at radius 1 is 1.62 bits per heavy atom. The van der Waals surface area contributed by atoms with Gasteiger partial charge in [0.2, 0.25) is 0 Å². The van der Waals surface area contributed by atoms with Gasteiger partial charge in [0.15, 0.2) is 0 Å². The van der Waals surface area contributed by atoms with Gasteiger partial charge in [-0.1, -0.05) is 24.6 Å². The van der Waals surface area contributed by atoms with Gasteiger partial charge in [-0.05, 0) is 37.0 Å². The van der Waals surface area contributed by atoms with Crippen LogP contribution in [0.5, 0.6) is 0 Å². The van der Waals surface area contributed by atoms with E-state index in [9.17, 15) is 9.90 Å². The highest BCUT2D eigenvalue weighted by molar-refractivity contribution is 8.01. The molecule has 2 rings (SSSR count). The Morgan fingerprint density at radius 3 is 2.81 bits per heavy atom. The molecule has 16 heavy (non-hydrogen) atoms. The average molecular weight is 257 g/mol. The first-order valence-electron chi connectivity index (χ1n) is 5.22. The molecular weight excluding hydrogens is 244 g/mol. The smallest absolute Gasteiger partial charge is 0.320 e. The average Bonchev–Trinajstić information content (AvgIpc) is 2.23. The Labute approximate surface area is 104 Å². The van der Waals surface area contributed by atoms with E-state index in [4.69, 9.17) is 11.6 Å². The quantitative estimate of drug-likeness (QED) is 0.896. The molecule has 1 aliphatic rings. The first-order chi connectivity index (χ1) is 7.54. The third-order valence-corrected chi connectivity index (χ3v) is 5.07. The van der Waals surface area contributed by atoms with Gasteiger partial charge < -0.3 is 5.11 Å². The van der Waals surface area contributed by atoms with E-state index in [-0.39, 0.29) is 5.92 Å². The lowest BCUT2D eigenvalue weighted by molar-refractivity contribution is -0.144. The molecule has 2 nitrogen and oxygen atoms in total. The van der Waals surface area contributed by atoms with Crippen LogP contribution in [0.2, 0.25) is 5.02 Å². The molecular formula is C12H13ClO2S. The molecule has 0 saturated heterocycles. The summed E-state index contributed by atoms with van der Waals surface area (Å²) in [6, 6.07) is 7.38. The molecule has 0 aliphatic heterocycles. The van der Waals surface area contributed by atoms with Gasteiger partial charge in [-0.2, -0.15) is 0 Å². The highest BCUT2D eigenvalue weighted by Gasteiger charge is 2.51. The predicted octanol–water partition coefficient (Wildman–Crippen LogP) is 3.69. The van der Waals surface area contributed by atoms with E-state index >= 15 is 0 Å². The van der Waals surface area contributed by atoms with Crippen molar-refractivity contribution < 1.29 is 9.90 Å². The zero-order valence-corrected chi connectivity index (χ0v) is 10.5. The zero-order valence-electron chi connectivity index (χ0n) is 8.94. The first-order valence-corrected chi connectivity index (χ1v) is 6.42. The highest BCUT2D eigenvalue weighted by Crippen LogP contribution is 2.52. The van der Waals surface area contributed by atoms with Crippen LogP contribution in [0, 0.1) is 5.92 Å². The van der Waals surface area contributed by atoms with Crippen LogP contribution >= 0.6 is 23.4 Å². The lowest BCUT2D eigenvalue weighted by atomic mass is 9.74. The number of aliphatic carboxylic acids is 1. The molecule has 1 saturated carbocycles. The molecule has 0 radical (unpaired) electrons. The van der Waals surface area contributed by atoms with Crippen molar-refractivity contribution in [2.75, 3.05) is 0 Å². The predicted molar refractivity (Wildman–Crippen MR) is 66.1 cm³/mol. The van der Waals surface area contributed by atoms with Crippen LogP contribution < -0.4 is 0 Å². The van der Waals surface area contributed by atoms with Gasteiger partial charge >= 0.3 is 5.97 Å². The molecule has 1 aromatic rings. The second kappa shape index (κ2) is 4.30. The van der Waals surface area contributed by atoms with E-state index < -0.39 is 10.7 Å². The molecule has 1 fully saturated rings.